The minimum absolute atomic E-state index is 0.0744. The fourth-order valence-electron chi connectivity index (χ4n) is 2.71. The van der Waals surface area contributed by atoms with Gasteiger partial charge in [0.1, 0.15) is 24.2 Å². The summed E-state index contributed by atoms with van der Waals surface area (Å²) in [5.41, 5.74) is 21.2. The van der Waals surface area contributed by atoms with Crippen molar-refractivity contribution in [2.75, 3.05) is 13.2 Å². The molecule has 5 amide bonds. The second-order valence-corrected chi connectivity index (χ2v) is 8.41. The van der Waals surface area contributed by atoms with E-state index in [0.29, 0.717) is 0 Å². The summed E-state index contributed by atoms with van der Waals surface area (Å²) in [5.74, 6) is -4.14. The second kappa shape index (κ2) is 15.4. The van der Waals surface area contributed by atoms with Crippen LogP contribution in [0.2, 0.25) is 0 Å². The molecule has 0 aromatic heterocycles. The first-order valence-corrected chi connectivity index (χ1v) is 11.1. The van der Waals surface area contributed by atoms with E-state index >= 15 is 0 Å². The van der Waals surface area contributed by atoms with Crippen LogP contribution in [0.15, 0.2) is 4.99 Å². The topological polar surface area (TPSA) is 270 Å². The second-order valence-electron chi connectivity index (χ2n) is 8.41. The Kier molecular flexibility index (Phi) is 13.9. The highest BCUT2D eigenvalue weighted by Crippen LogP contribution is 2.04. The maximum atomic E-state index is 12.8. The van der Waals surface area contributed by atoms with E-state index in [0.717, 1.165) is 0 Å². The third-order valence-electron chi connectivity index (χ3n) is 4.84. The maximum Gasteiger partial charge on any atom is 0.245 e. The summed E-state index contributed by atoms with van der Waals surface area (Å²) in [5, 5.41) is 19.4. The van der Waals surface area contributed by atoms with E-state index in [1.54, 1.807) is 13.8 Å². The van der Waals surface area contributed by atoms with Gasteiger partial charge in [-0.15, -0.1) is 0 Å². The van der Waals surface area contributed by atoms with E-state index in [9.17, 15) is 29.1 Å². The number of nitrogens with zero attached hydrogens (tertiary/aromatic N) is 1. The van der Waals surface area contributed by atoms with E-state index in [2.05, 4.69) is 26.3 Å². The molecule has 35 heavy (non-hydrogen) atoms. The van der Waals surface area contributed by atoms with Gasteiger partial charge in [-0.1, -0.05) is 13.8 Å². The minimum Gasteiger partial charge on any atom is -0.394 e. The normalized spacial score (nSPS) is 15.1. The molecule has 0 unspecified atom stereocenters. The molecule has 0 aliphatic heterocycles. The highest BCUT2D eigenvalue weighted by atomic mass is 16.3. The van der Waals surface area contributed by atoms with E-state index in [1.807, 2.05) is 0 Å². The zero-order valence-electron chi connectivity index (χ0n) is 20.5. The van der Waals surface area contributed by atoms with Gasteiger partial charge in [-0.3, -0.25) is 29.0 Å². The number of aliphatic hydroxyl groups excluding tert-OH is 1. The number of rotatable bonds is 15. The maximum absolute atomic E-state index is 12.8. The monoisotopic (exact) mass is 501 g/mol. The van der Waals surface area contributed by atoms with Crippen molar-refractivity contribution >= 4 is 35.5 Å². The van der Waals surface area contributed by atoms with Crippen LogP contribution in [0.4, 0.5) is 0 Å². The first kappa shape index (κ1) is 31.5. The quantitative estimate of drug-likeness (QED) is 0.0593. The van der Waals surface area contributed by atoms with Crippen molar-refractivity contribution in [1.82, 2.24) is 21.3 Å². The Hall–Kier alpha value is -3.46. The van der Waals surface area contributed by atoms with Crippen LogP contribution in [0.25, 0.3) is 0 Å². The Morgan fingerprint density at radius 1 is 0.800 bits per heavy atom. The Morgan fingerprint density at radius 3 is 1.80 bits per heavy atom. The molecule has 0 spiro atoms. The molecule has 0 aromatic carbocycles. The molecule has 0 radical (unpaired) electrons. The molecule has 0 heterocycles. The van der Waals surface area contributed by atoms with Gasteiger partial charge in [-0.2, -0.15) is 0 Å². The lowest BCUT2D eigenvalue weighted by molar-refractivity contribution is -0.135. The highest BCUT2D eigenvalue weighted by molar-refractivity contribution is 5.95. The molecule has 5 atom stereocenters. The molecule has 13 N–H and O–H groups in total. The van der Waals surface area contributed by atoms with Crippen molar-refractivity contribution in [3.63, 3.8) is 0 Å². The van der Waals surface area contributed by atoms with E-state index in [1.165, 1.54) is 13.8 Å². The summed E-state index contributed by atoms with van der Waals surface area (Å²) in [7, 11) is 0. The summed E-state index contributed by atoms with van der Waals surface area (Å²) < 4.78 is 0. The fraction of sp³-hybridized carbons (Fsp3) is 0.700. The number of guanidine groups is 1. The number of hydrogen-bond donors (Lipinski definition) is 9. The minimum atomic E-state index is -1.43. The predicted octanol–water partition coefficient (Wildman–Crippen LogP) is -4.52. The van der Waals surface area contributed by atoms with Gasteiger partial charge in [0.25, 0.3) is 0 Å². The SMILES string of the molecule is CC(C)[C@H](NC(=O)[C@H](C)N)C(=O)N[C@@H](CO)C(=O)N[C@@H](CCCN=C(N)N)C(=O)N[C@@H](C)C(N)=O. The van der Waals surface area contributed by atoms with Crippen LogP contribution in [-0.4, -0.2) is 84.0 Å². The van der Waals surface area contributed by atoms with Crippen LogP contribution < -0.4 is 44.2 Å². The zero-order chi connectivity index (χ0) is 27.3. The van der Waals surface area contributed by atoms with Gasteiger partial charge in [0.05, 0.1) is 12.6 Å². The molecule has 15 heteroatoms. The largest absolute Gasteiger partial charge is 0.394 e. The number of nitrogens with two attached hydrogens (primary N) is 4. The molecule has 0 bridgehead atoms. The van der Waals surface area contributed by atoms with Crippen molar-refractivity contribution in [2.45, 2.75) is 70.7 Å². The van der Waals surface area contributed by atoms with Crippen molar-refractivity contribution in [3.05, 3.63) is 0 Å². The molecule has 15 nitrogen and oxygen atoms in total. The van der Waals surface area contributed by atoms with Gasteiger partial charge < -0.3 is 49.3 Å². The number of carbonyl (C=O) groups is 5. The number of primary amides is 1. The number of carbonyl (C=O) groups excluding carboxylic acids is 5. The van der Waals surface area contributed by atoms with Gasteiger partial charge in [-0.05, 0) is 32.6 Å². The lowest BCUT2D eigenvalue weighted by atomic mass is 10.0. The van der Waals surface area contributed by atoms with Crippen molar-refractivity contribution in [3.8, 4) is 0 Å². The average Bonchev–Trinajstić information content (AvgIpc) is 2.76. The third-order valence-corrected chi connectivity index (χ3v) is 4.84. The standard InChI is InChI=1S/C20H39N9O6/c1-9(2)14(29-16(32)10(3)21)19(35)28-13(8-30)18(34)27-12(6-5-7-25-20(23)24)17(33)26-11(4)15(22)31/h9-14,30H,5-8,21H2,1-4H3,(H2,22,31)(H,26,33)(H,27,34)(H,28,35)(H,29,32)(H4,23,24,25)/t10-,11-,12-,13-,14-/m0/s1. The lowest BCUT2D eigenvalue weighted by Crippen LogP contribution is -2.60. The number of amides is 5. The zero-order valence-corrected chi connectivity index (χ0v) is 20.5. The molecular weight excluding hydrogens is 462 g/mol. The smallest absolute Gasteiger partial charge is 0.245 e. The first-order chi connectivity index (χ1) is 16.2. The molecule has 0 aromatic rings. The van der Waals surface area contributed by atoms with Crippen LogP contribution in [0.5, 0.6) is 0 Å². The van der Waals surface area contributed by atoms with Gasteiger partial charge in [-0.25, -0.2) is 0 Å². The molecule has 0 aliphatic rings. The van der Waals surface area contributed by atoms with Gasteiger partial charge in [0.15, 0.2) is 5.96 Å². The van der Waals surface area contributed by atoms with Crippen LogP contribution in [0, 0.1) is 5.92 Å². The van der Waals surface area contributed by atoms with Crippen molar-refractivity contribution in [2.24, 2.45) is 33.8 Å². The van der Waals surface area contributed by atoms with Gasteiger partial charge in [0.2, 0.25) is 29.5 Å². The molecule has 0 aliphatic carbocycles. The Labute approximate surface area is 204 Å². The first-order valence-electron chi connectivity index (χ1n) is 11.1. The molecular formula is C20H39N9O6. The van der Waals surface area contributed by atoms with Gasteiger partial charge >= 0.3 is 0 Å². The van der Waals surface area contributed by atoms with Crippen LogP contribution in [0.1, 0.15) is 40.5 Å². The number of aliphatic imine (C=N–C) groups is 1. The number of nitrogens with one attached hydrogen (secondary N) is 4. The molecule has 0 saturated heterocycles. The van der Waals surface area contributed by atoms with Crippen molar-refractivity contribution < 1.29 is 29.1 Å². The summed E-state index contributed by atoms with van der Waals surface area (Å²) in [4.78, 5) is 65.1. The fourth-order valence-corrected chi connectivity index (χ4v) is 2.71. The average molecular weight is 502 g/mol. The highest BCUT2D eigenvalue weighted by Gasteiger charge is 2.31. The Balaban J connectivity index is 5.44. The van der Waals surface area contributed by atoms with Crippen LogP contribution in [0.3, 0.4) is 0 Å². The predicted molar refractivity (Wildman–Crippen MR) is 128 cm³/mol. The Bertz CT molecular complexity index is 783. The number of aliphatic hydroxyl groups is 1. The molecule has 0 saturated carbocycles. The molecule has 0 fully saturated rings. The molecule has 200 valence electrons. The molecule has 0 rings (SSSR count). The summed E-state index contributed by atoms with van der Waals surface area (Å²) in [6.07, 6.45) is 0.362. The van der Waals surface area contributed by atoms with Crippen LogP contribution >= 0.6 is 0 Å². The van der Waals surface area contributed by atoms with Gasteiger partial charge in [0, 0.05) is 6.54 Å². The third kappa shape index (κ3) is 12.0. The number of hydrogen-bond acceptors (Lipinski definition) is 8. The summed E-state index contributed by atoms with van der Waals surface area (Å²) >= 11 is 0. The van der Waals surface area contributed by atoms with Crippen molar-refractivity contribution in [1.29, 1.82) is 0 Å². The van der Waals surface area contributed by atoms with E-state index in [4.69, 9.17) is 22.9 Å². The lowest BCUT2D eigenvalue weighted by Gasteiger charge is -2.26. The summed E-state index contributed by atoms with van der Waals surface area (Å²) in [6, 6.07) is -5.47. The van der Waals surface area contributed by atoms with Crippen LogP contribution in [-0.2, 0) is 24.0 Å². The van der Waals surface area contributed by atoms with E-state index in [-0.39, 0.29) is 31.3 Å². The van der Waals surface area contributed by atoms with E-state index < -0.39 is 66.4 Å². The summed E-state index contributed by atoms with van der Waals surface area (Å²) in [6.45, 7) is 5.56. The Morgan fingerprint density at radius 2 is 1.34 bits per heavy atom.